The van der Waals surface area contributed by atoms with Gasteiger partial charge in [0.25, 0.3) is 0 Å². The average Bonchev–Trinajstić information content (AvgIpc) is 2.95. The number of carbonyl (C=O) groups is 1. The Morgan fingerprint density at radius 2 is 2.26 bits per heavy atom. The monoisotopic (exact) mass is 255 g/mol. The van der Waals surface area contributed by atoms with Gasteiger partial charge < -0.3 is 16.0 Å². The number of nitrogens with two attached hydrogens (primary N) is 1. The summed E-state index contributed by atoms with van der Waals surface area (Å²) in [6, 6.07) is 7.39. The third-order valence-corrected chi connectivity index (χ3v) is 2.96. The first-order chi connectivity index (χ1) is 9.13. The number of aromatic nitrogens is 3. The van der Waals surface area contributed by atoms with Gasteiger partial charge in [0, 0.05) is 11.7 Å². The first kappa shape index (κ1) is 11.3. The number of hydrogen-bond acceptors (Lipinski definition) is 2. The molecule has 6 heteroatoms. The zero-order chi connectivity index (χ0) is 13.4. The molecular formula is C13H13N5O. The molecule has 1 aromatic carbocycles. The van der Waals surface area contributed by atoms with E-state index in [1.165, 1.54) is 0 Å². The molecule has 0 aliphatic heterocycles. The minimum absolute atomic E-state index is 0.595. The minimum atomic E-state index is -0.595. The molecule has 0 aliphatic carbocycles. The fourth-order valence-corrected chi connectivity index (χ4v) is 2.03. The van der Waals surface area contributed by atoms with Gasteiger partial charge in [-0.25, -0.2) is 9.48 Å². The molecule has 2 aromatic heterocycles. The first-order valence-corrected chi connectivity index (χ1v) is 5.84. The van der Waals surface area contributed by atoms with Gasteiger partial charge in [-0.15, -0.1) is 0 Å². The highest BCUT2D eigenvalue weighted by Crippen LogP contribution is 2.20. The van der Waals surface area contributed by atoms with Crippen molar-refractivity contribution in [1.82, 2.24) is 14.8 Å². The van der Waals surface area contributed by atoms with Gasteiger partial charge in [0.2, 0.25) is 0 Å². The second kappa shape index (κ2) is 4.16. The lowest BCUT2D eigenvalue weighted by Gasteiger charge is -2.01. The number of rotatable bonds is 2. The summed E-state index contributed by atoms with van der Waals surface area (Å²) < 4.78 is 1.71. The fourth-order valence-electron chi connectivity index (χ4n) is 2.03. The zero-order valence-corrected chi connectivity index (χ0v) is 10.3. The lowest BCUT2D eigenvalue weighted by molar-refractivity contribution is 0.259. The van der Waals surface area contributed by atoms with Crippen LogP contribution in [0.2, 0.25) is 0 Å². The summed E-state index contributed by atoms with van der Waals surface area (Å²) in [6.07, 6.45) is 3.63. The van der Waals surface area contributed by atoms with E-state index in [0.29, 0.717) is 11.4 Å². The van der Waals surface area contributed by atoms with Gasteiger partial charge in [-0.05, 0) is 30.5 Å². The Labute approximate surface area is 109 Å². The SMILES string of the molecule is Cc1nn(-c2ccc3cc[nH]c3c2)cc1NC(N)=O. The Hall–Kier alpha value is -2.76. The van der Waals surface area contributed by atoms with Crippen molar-refractivity contribution in [3.8, 4) is 5.69 Å². The first-order valence-electron chi connectivity index (χ1n) is 5.84. The maximum Gasteiger partial charge on any atom is 0.316 e. The maximum absolute atomic E-state index is 10.9. The van der Waals surface area contributed by atoms with E-state index in [0.717, 1.165) is 16.6 Å². The second-order valence-corrected chi connectivity index (χ2v) is 4.31. The van der Waals surface area contributed by atoms with Crippen LogP contribution in [0.1, 0.15) is 5.69 Å². The van der Waals surface area contributed by atoms with Crippen LogP contribution in [-0.2, 0) is 0 Å². The van der Waals surface area contributed by atoms with E-state index < -0.39 is 6.03 Å². The Balaban J connectivity index is 2.03. The van der Waals surface area contributed by atoms with Crippen molar-refractivity contribution in [1.29, 1.82) is 0 Å². The third-order valence-electron chi connectivity index (χ3n) is 2.96. The van der Waals surface area contributed by atoms with Crippen LogP contribution in [0.3, 0.4) is 0 Å². The van der Waals surface area contributed by atoms with Gasteiger partial charge in [-0.2, -0.15) is 5.10 Å². The smallest absolute Gasteiger partial charge is 0.316 e. The molecule has 6 nitrogen and oxygen atoms in total. The molecule has 0 saturated carbocycles. The molecule has 0 bridgehead atoms. The molecule has 0 saturated heterocycles. The molecule has 0 aliphatic rings. The van der Waals surface area contributed by atoms with E-state index in [-0.39, 0.29) is 0 Å². The molecule has 0 atom stereocenters. The molecule has 2 heterocycles. The number of nitrogens with one attached hydrogen (secondary N) is 2. The highest BCUT2D eigenvalue weighted by molar-refractivity contribution is 5.88. The lowest BCUT2D eigenvalue weighted by Crippen LogP contribution is -2.19. The van der Waals surface area contributed by atoms with E-state index in [1.54, 1.807) is 10.9 Å². The van der Waals surface area contributed by atoms with E-state index in [1.807, 2.05) is 37.4 Å². The lowest BCUT2D eigenvalue weighted by atomic mass is 10.2. The number of urea groups is 1. The standard InChI is InChI=1S/C13H13N5O/c1-8-12(16-13(14)19)7-18(17-8)10-3-2-9-4-5-15-11(9)6-10/h2-7,15H,1H3,(H3,14,16,19). The van der Waals surface area contributed by atoms with Crippen LogP contribution in [-0.4, -0.2) is 20.8 Å². The molecule has 0 radical (unpaired) electrons. The number of amides is 2. The number of nitrogens with zero attached hydrogens (tertiary/aromatic N) is 2. The average molecular weight is 255 g/mol. The number of aromatic amines is 1. The Morgan fingerprint density at radius 3 is 3.05 bits per heavy atom. The predicted octanol–water partition coefficient (Wildman–Crippen LogP) is 2.15. The second-order valence-electron chi connectivity index (χ2n) is 4.31. The maximum atomic E-state index is 10.9. The van der Waals surface area contributed by atoms with Gasteiger partial charge in [-0.3, -0.25) is 0 Å². The molecule has 2 amide bonds. The summed E-state index contributed by atoms with van der Waals surface area (Å²) in [7, 11) is 0. The van der Waals surface area contributed by atoms with Crippen molar-refractivity contribution in [2.45, 2.75) is 6.92 Å². The van der Waals surface area contributed by atoms with Gasteiger partial charge >= 0.3 is 6.03 Å². The number of aryl methyl sites for hydroxylation is 1. The summed E-state index contributed by atoms with van der Waals surface area (Å²) in [5, 5.41) is 8.04. The summed E-state index contributed by atoms with van der Waals surface area (Å²) in [5.41, 5.74) is 8.38. The van der Waals surface area contributed by atoms with Crippen molar-refractivity contribution in [3.05, 3.63) is 42.4 Å². The van der Waals surface area contributed by atoms with E-state index in [9.17, 15) is 4.79 Å². The van der Waals surface area contributed by atoms with E-state index in [2.05, 4.69) is 15.4 Å². The predicted molar refractivity (Wildman–Crippen MR) is 73.4 cm³/mol. The van der Waals surface area contributed by atoms with Gasteiger partial charge in [-0.1, -0.05) is 6.07 Å². The number of fused-ring (bicyclic) bond motifs is 1. The number of hydrogen-bond donors (Lipinski definition) is 3. The molecular weight excluding hydrogens is 242 g/mol. The van der Waals surface area contributed by atoms with Crippen molar-refractivity contribution in [2.24, 2.45) is 5.73 Å². The summed E-state index contributed by atoms with van der Waals surface area (Å²) in [5.74, 6) is 0. The van der Waals surface area contributed by atoms with Crippen LogP contribution < -0.4 is 11.1 Å². The van der Waals surface area contributed by atoms with Crippen LogP contribution in [0.25, 0.3) is 16.6 Å². The summed E-state index contributed by atoms with van der Waals surface area (Å²) in [6.45, 7) is 1.81. The van der Waals surface area contributed by atoms with E-state index >= 15 is 0 Å². The van der Waals surface area contributed by atoms with Crippen LogP contribution in [0, 0.1) is 6.92 Å². The molecule has 4 N–H and O–H groups in total. The fraction of sp³-hybridized carbons (Fsp3) is 0.0769. The van der Waals surface area contributed by atoms with Crippen molar-refractivity contribution in [2.75, 3.05) is 5.32 Å². The van der Waals surface area contributed by atoms with Crippen LogP contribution in [0.15, 0.2) is 36.7 Å². The number of benzene rings is 1. The molecule has 0 fully saturated rings. The Morgan fingerprint density at radius 1 is 1.42 bits per heavy atom. The molecule has 0 spiro atoms. The summed E-state index contributed by atoms with van der Waals surface area (Å²) in [4.78, 5) is 14.0. The van der Waals surface area contributed by atoms with Gasteiger partial charge in [0.1, 0.15) is 0 Å². The van der Waals surface area contributed by atoms with Crippen molar-refractivity contribution < 1.29 is 4.79 Å². The molecule has 0 unspecified atom stereocenters. The quantitative estimate of drug-likeness (QED) is 0.655. The topological polar surface area (TPSA) is 88.7 Å². The van der Waals surface area contributed by atoms with Crippen molar-refractivity contribution in [3.63, 3.8) is 0 Å². The minimum Gasteiger partial charge on any atom is -0.361 e. The Bertz CT molecular complexity index is 755. The van der Waals surface area contributed by atoms with Crippen LogP contribution >= 0.6 is 0 Å². The molecule has 3 aromatic rings. The largest absolute Gasteiger partial charge is 0.361 e. The van der Waals surface area contributed by atoms with Crippen molar-refractivity contribution >= 4 is 22.6 Å². The van der Waals surface area contributed by atoms with Crippen LogP contribution in [0.4, 0.5) is 10.5 Å². The number of H-pyrrole nitrogens is 1. The summed E-state index contributed by atoms with van der Waals surface area (Å²) >= 11 is 0. The van der Waals surface area contributed by atoms with Gasteiger partial charge in [0.05, 0.1) is 23.3 Å². The highest BCUT2D eigenvalue weighted by Gasteiger charge is 2.08. The Kier molecular flexibility index (Phi) is 2.49. The normalized spacial score (nSPS) is 10.8. The highest BCUT2D eigenvalue weighted by atomic mass is 16.2. The number of primary amides is 1. The van der Waals surface area contributed by atoms with Crippen LogP contribution in [0.5, 0.6) is 0 Å². The zero-order valence-electron chi connectivity index (χ0n) is 10.3. The number of anilines is 1. The van der Waals surface area contributed by atoms with E-state index in [4.69, 9.17) is 5.73 Å². The third kappa shape index (κ3) is 2.03. The molecule has 3 rings (SSSR count). The molecule has 19 heavy (non-hydrogen) atoms. The van der Waals surface area contributed by atoms with Gasteiger partial charge in [0.15, 0.2) is 0 Å². The molecule has 96 valence electrons. The number of carbonyl (C=O) groups excluding carboxylic acids is 1.